The Balaban J connectivity index is 2.18. The molecule has 0 bridgehead atoms. The van der Waals surface area contributed by atoms with Gasteiger partial charge in [-0.3, -0.25) is 0 Å². The average Bonchev–Trinajstić information content (AvgIpc) is 2.19. The van der Waals surface area contributed by atoms with Crippen LogP contribution in [0.25, 0.3) is 0 Å². The van der Waals surface area contributed by atoms with Crippen molar-refractivity contribution < 1.29 is 5.11 Å². The first-order chi connectivity index (χ1) is 6.36. The lowest BCUT2D eigenvalue weighted by Gasteiger charge is -2.25. The molecule has 1 saturated carbocycles. The second-order valence-electron chi connectivity index (χ2n) is 4.18. The number of rotatable bonds is 5. The normalized spacial score (nSPS) is 21.7. The van der Waals surface area contributed by atoms with Gasteiger partial charge in [-0.05, 0) is 18.9 Å². The van der Waals surface area contributed by atoms with E-state index in [1.54, 1.807) is 0 Å². The van der Waals surface area contributed by atoms with E-state index in [0.29, 0.717) is 12.6 Å². The summed E-state index contributed by atoms with van der Waals surface area (Å²) in [5.41, 5.74) is 0. The van der Waals surface area contributed by atoms with Crippen LogP contribution in [-0.4, -0.2) is 24.3 Å². The monoisotopic (exact) mass is 185 g/mol. The Bertz CT molecular complexity index is 119. The molecule has 78 valence electrons. The van der Waals surface area contributed by atoms with Gasteiger partial charge in [0.2, 0.25) is 0 Å². The number of hydrogen-bond acceptors (Lipinski definition) is 2. The van der Waals surface area contributed by atoms with Gasteiger partial charge in [0.05, 0.1) is 6.61 Å². The van der Waals surface area contributed by atoms with Gasteiger partial charge < -0.3 is 10.4 Å². The van der Waals surface area contributed by atoms with Crippen LogP contribution in [0.2, 0.25) is 0 Å². The van der Waals surface area contributed by atoms with Crippen LogP contribution in [-0.2, 0) is 0 Å². The van der Waals surface area contributed by atoms with Crippen molar-refractivity contribution in [3.05, 3.63) is 0 Å². The van der Waals surface area contributed by atoms with Crippen LogP contribution in [0.3, 0.4) is 0 Å². The molecular weight excluding hydrogens is 162 g/mol. The zero-order valence-corrected chi connectivity index (χ0v) is 8.76. The molecule has 2 nitrogen and oxygen atoms in total. The van der Waals surface area contributed by atoms with Gasteiger partial charge in [0, 0.05) is 6.04 Å². The molecule has 0 spiro atoms. The maximum Gasteiger partial charge on any atom is 0.0584 e. The smallest absolute Gasteiger partial charge is 0.0584 e. The van der Waals surface area contributed by atoms with Crippen LogP contribution in [0.5, 0.6) is 0 Å². The van der Waals surface area contributed by atoms with Crippen molar-refractivity contribution in [2.45, 2.75) is 51.5 Å². The van der Waals surface area contributed by atoms with Crippen LogP contribution < -0.4 is 5.32 Å². The lowest BCUT2D eigenvalue weighted by atomic mass is 9.85. The van der Waals surface area contributed by atoms with Crippen LogP contribution in [0, 0.1) is 5.92 Å². The van der Waals surface area contributed by atoms with Crippen molar-refractivity contribution >= 4 is 0 Å². The summed E-state index contributed by atoms with van der Waals surface area (Å²) in [4.78, 5) is 0. The Kier molecular flexibility index (Phi) is 5.40. The minimum atomic E-state index is 0.296. The van der Waals surface area contributed by atoms with Crippen molar-refractivity contribution in [1.29, 1.82) is 0 Å². The molecule has 0 heterocycles. The Morgan fingerprint density at radius 3 is 2.54 bits per heavy atom. The van der Waals surface area contributed by atoms with E-state index in [9.17, 15) is 0 Å². The fraction of sp³-hybridized carbons (Fsp3) is 1.00. The summed E-state index contributed by atoms with van der Waals surface area (Å²) in [6.07, 6.45) is 8.14. The highest BCUT2D eigenvalue weighted by molar-refractivity contribution is 4.73. The fourth-order valence-electron chi connectivity index (χ4n) is 2.34. The number of likely N-dealkylation sites (N-methyl/N-ethyl adjacent to an activating group) is 1. The third kappa shape index (κ3) is 4.10. The first kappa shape index (κ1) is 11.0. The summed E-state index contributed by atoms with van der Waals surface area (Å²) in [5.74, 6) is 0.866. The molecule has 13 heavy (non-hydrogen) atoms. The van der Waals surface area contributed by atoms with Gasteiger partial charge in [-0.2, -0.15) is 0 Å². The Morgan fingerprint density at radius 1 is 1.31 bits per heavy atom. The van der Waals surface area contributed by atoms with Crippen LogP contribution in [0.15, 0.2) is 0 Å². The summed E-state index contributed by atoms with van der Waals surface area (Å²) in [6, 6.07) is 0.341. The Morgan fingerprint density at radius 2 is 2.00 bits per heavy atom. The molecule has 2 heteroatoms. The average molecular weight is 185 g/mol. The van der Waals surface area contributed by atoms with E-state index in [4.69, 9.17) is 5.11 Å². The third-order valence-electron chi connectivity index (χ3n) is 3.06. The molecule has 1 aliphatic carbocycles. The zero-order chi connectivity index (χ0) is 9.52. The van der Waals surface area contributed by atoms with Gasteiger partial charge in [0.15, 0.2) is 0 Å². The lowest BCUT2D eigenvalue weighted by Crippen LogP contribution is -2.34. The predicted octanol–water partition coefficient (Wildman–Crippen LogP) is 1.93. The quantitative estimate of drug-likeness (QED) is 0.686. The van der Waals surface area contributed by atoms with Gasteiger partial charge in [-0.15, -0.1) is 0 Å². The van der Waals surface area contributed by atoms with Gasteiger partial charge in [-0.25, -0.2) is 0 Å². The first-order valence-corrected chi connectivity index (χ1v) is 5.71. The first-order valence-electron chi connectivity index (χ1n) is 5.71. The van der Waals surface area contributed by atoms with Crippen molar-refractivity contribution in [3.63, 3.8) is 0 Å². The van der Waals surface area contributed by atoms with Crippen LogP contribution in [0.1, 0.15) is 45.4 Å². The maximum atomic E-state index is 9.13. The molecule has 0 amide bonds. The van der Waals surface area contributed by atoms with Crippen LogP contribution >= 0.6 is 0 Å². The summed E-state index contributed by atoms with van der Waals surface area (Å²) in [5, 5.41) is 12.5. The molecule has 1 atom stereocenters. The molecular formula is C11H23NO. The van der Waals surface area contributed by atoms with Crippen LogP contribution in [0.4, 0.5) is 0 Å². The van der Waals surface area contributed by atoms with Gasteiger partial charge in [0.25, 0.3) is 0 Å². The predicted molar refractivity (Wildman–Crippen MR) is 55.7 cm³/mol. The van der Waals surface area contributed by atoms with Gasteiger partial charge in [0.1, 0.15) is 0 Å². The number of hydrogen-bond donors (Lipinski definition) is 2. The highest BCUT2D eigenvalue weighted by Crippen LogP contribution is 2.27. The number of aliphatic hydroxyl groups is 1. The molecule has 1 aliphatic rings. The molecule has 0 aromatic heterocycles. The van der Waals surface area contributed by atoms with E-state index in [-0.39, 0.29) is 0 Å². The molecule has 2 N–H and O–H groups in total. The summed E-state index contributed by atoms with van der Waals surface area (Å²) < 4.78 is 0. The third-order valence-corrected chi connectivity index (χ3v) is 3.06. The van der Waals surface area contributed by atoms with E-state index in [0.717, 1.165) is 12.5 Å². The van der Waals surface area contributed by atoms with Gasteiger partial charge in [-0.1, -0.05) is 39.0 Å². The molecule has 0 saturated heterocycles. The molecule has 0 aromatic rings. The number of aliphatic hydroxyl groups excluding tert-OH is 1. The second-order valence-corrected chi connectivity index (χ2v) is 4.18. The summed E-state index contributed by atoms with van der Waals surface area (Å²) in [6.45, 7) is 3.37. The van der Waals surface area contributed by atoms with E-state index in [2.05, 4.69) is 12.2 Å². The van der Waals surface area contributed by atoms with Crippen molar-refractivity contribution in [2.24, 2.45) is 5.92 Å². The fourth-order valence-corrected chi connectivity index (χ4v) is 2.34. The van der Waals surface area contributed by atoms with Crippen molar-refractivity contribution in [2.75, 3.05) is 13.2 Å². The largest absolute Gasteiger partial charge is 0.395 e. The lowest BCUT2D eigenvalue weighted by molar-refractivity contribution is 0.206. The van der Waals surface area contributed by atoms with Crippen molar-refractivity contribution in [1.82, 2.24) is 5.32 Å². The molecule has 0 unspecified atom stereocenters. The molecule has 0 radical (unpaired) electrons. The Labute approximate surface area is 81.7 Å². The van der Waals surface area contributed by atoms with Crippen molar-refractivity contribution in [3.8, 4) is 0 Å². The SMILES string of the molecule is CCN[C@H](CO)CC1CCCCC1. The highest BCUT2D eigenvalue weighted by Gasteiger charge is 2.17. The topological polar surface area (TPSA) is 32.3 Å². The standard InChI is InChI=1S/C11H23NO/c1-2-12-11(9-13)8-10-6-4-3-5-7-10/h10-13H,2-9H2,1H3/t11-/m0/s1. The molecule has 0 aliphatic heterocycles. The van der Waals surface area contributed by atoms with E-state index in [1.165, 1.54) is 38.5 Å². The highest BCUT2D eigenvalue weighted by atomic mass is 16.3. The molecule has 0 aromatic carbocycles. The van der Waals surface area contributed by atoms with Gasteiger partial charge >= 0.3 is 0 Å². The second kappa shape index (κ2) is 6.39. The van der Waals surface area contributed by atoms with E-state index < -0.39 is 0 Å². The maximum absolute atomic E-state index is 9.13. The minimum absolute atomic E-state index is 0.296. The molecule has 1 fully saturated rings. The minimum Gasteiger partial charge on any atom is -0.395 e. The Hall–Kier alpha value is -0.0800. The summed E-state index contributed by atoms with van der Waals surface area (Å²) >= 11 is 0. The summed E-state index contributed by atoms with van der Waals surface area (Å²) in [7, 11) is 0. The molecule has 1 rings (SSSR count). The van der Waals surface area contributed by atoms with E-state index in [1.807, 2.05) is 0 Å². The zero-order valence-electron chi connectivity index (χ0n) is 8.76. The van der Waals surface area contributed by atoms with E-state index >= 15 is 0 Å². The number of nitrogens with one attached hydrogen (secondary N) is 1.